The third-order valence-corrected chi connectivity index (χ3v) is 5.77. The molecule has 0 radical (unpaired) electrons. The second kappa shape index (κ2) is 8.47. The van der Waals surface area contributed by atoms with Crippen LogP contribution in [-0.2, 0) is 10.0 Å². The Hall–Kier alpha value is -3.50. The Morgan fingerprint density at radius 2 is 1.73 bits per heavy atom. The number of fused-ring (bicyclic) bond motifs is 1. The highest BCUT2D eigenvalue weighted by Crippen LogP contribution is 2.22. The number of nitrogens with zero attached hydrogens (tertiary/aromatic N) is 4. The van der Waals surface area contributed by atoms with Gasteiger partial charge in [0.15, 0.2) is 11.5 Å². The van der Waals surface area contributed by atoms with Crippen molar-refractivity contribution in [3.63, 3.8) is 0 Å². The number of sulfonamides is 1. The molecule has 0 amide bonds. The van der Waals surface area contributed by atoms with Gasteiger partial charge in [0, 0.05) is 18.2 Å². The first kappa shape index (κ1) is 19.8. The largest absolute Gasteiger partial charge is 0.495 e. The van der Waals surface area contributed by atoms with Gasteiger partial charge in [-0.05, 0) is 18.2 Å². The van der Waals surface area contributed by atoms with Crippen LogP contribution in [0.4, 0.5) is 0 Å². The van der Waals surface area contributed by atoms with E-state index in [0.717, 1.165) is 5.56 Å². The molecule has 2 aromatic carbocycles. The number of aromatic nitrogens is 4. The van der Waals surface area contributed by atoms with Crippen LogP contribution in [0.2, 0.25) is 0 Å². The fraction of sp³-hybridized carbons (Fsp3) is 0.150. The highest BCUT2D eigenvalue weighted by atomic mass is 32.2. The molecule has 0 atom stereocenters. The topological polar surface area (TPSA) is 108 Å². The van der Waals surface area contributed by atoms with Crippen LogP contribution < -0.4 is 14.2 Å². The van der Waals surface area contributed by atoms with Crippen molar-refractivity contribution >= 4 is 15.7 Å². The standard InChI is InChI=1S/C20H19N5O4S/c1-28-16-9-5-6-10-17(16)30(26,27)21-13-14-29-19-12-11-18-22-23-20(25(18)24-19)15-7-3-2-4-8-15/h2-12,21H,13-14H2,1H3. The van der Waals surface area contributed by atoms with Crippen LogP contribution in [0.1, 0.15) is 0 Å². The summed E-state index contributed by atoms with van der Waals surface area (Å²) in [5, 5.41) is 12.7. The lowest BCUT2D eigenvalue weighted by Crippen LogP contribution is -2.28. The van der Waals surface area contributed by atoms with Gasteiger partial charge in [-0.25, -0.2) is 13.1 Å². The van der Waals surface area contributed by atoms with Gasteiger partial charge in [-0.2, -0.15) is 4.52 Å². The number of nitrogens with one attached hydrogen (secondary N) is 1. The molecule has 4 aromatic rings. The number of ether oxygens (including phenoxy) is 2. The monoisotopic (exact) mass is 425 g/mol. The van der Waals surface area contributed by atoms with Crippen molar-refractivity contribution < 1.29 is 17.9 Å². The molecule has 0 spiro atoms. The summed E-state index contributed by atoms with van der Waals surface area (Å²) in [4.78, 5) is 0.0732. The minimum Gasteiger partial charge on any atom is -0.495 e. The molecular weight excluding hydrogens is 406 g/mol. The summed E-state index contributed by atoms with van der Waals surface area (Å²) in [6, 6.07) is 19.4. The summed E-state index contributed by atoms with van der Waals surface area (Å²) in [7, 11) is -2.30. The molecule has 0 aliphatic heterocycles. The summed E-state index contributed by atoms with van der Waals surface area (Å²) in [6.45, 7) is 0.156. The van der Waals surface area contributed by atoms with Gasteiger partial charge >= 0.3 is 0 Å². The van der Waals surface area contributed by atoms with Crippen LogP contribution in [0, 0.1) is 0 Å². The fourth-order valence-electron chi connectivity index (χ4n) is 2.87. The van der Waals surface area contributed by atoms with Crippen LogP contribution in [0.5, 0.6) is 11.6 Å². The van der Waals surface area contributed by atoms with Crippen molar-refractivity contribution in [2.75, 3.05) is 20.3 Å². The Bertz CT molecular complexity index is 1260. The van der Waals surface area contributed by atoms with E-state index in [4.69, 9.17) is 9.47 Å². The number of rotatable bonds is 8. The molecule has 2 heterocycles. The van der Waals surface area contributed by atoms with Crippen molar-refractivity contribution in [3.8, 4) is 23.0 Å². The van der Waals surface area contributed by atoms with E-state index in [-0.39, 0.29) is 23.8 Å². The maximum absolute atomic E-state index is 12.5. The van der Waals surface area contributed by atoms with Crippen LogP contribution in [0.3, 0.4) is 0 Å². The van der Waals surface area contributed by atoms with E-state index < -0.39 is 10.0 Å². The lowest BCUT2D eigenvalue weighted by molar-refractivity contribution is 0.305. The highest BCUT2D eigenvalue weighted by Gasteiger charge is 2.18. The molecule has 0 saturated heterocycles. The maximum Gasteiger partial charge on any atom is 0.244 e. The van der Waals surface area contributed by atoms with E-state index in [0.29, 0.717) is 17.4 Å². The summed E-state index contributed by atoms with van der Waals surface area (Å²) in [5.41, 5.74) is 1.46. The summed E-state index contributed by atoms with van der Waals surface area (Å²) >= 11 is 0. The van der Waals surface area contributed by atoms with Crippen LogP contribution in [-0.4, -0.2) is 48.5 Å². The van der Waals surface area contributed by atoms with E-state index in [1.54, 1.807) is 34.8 Å². The van der Waals surface area contributed by atoms with Crippen molar-refractivity contribution in [1.82, 2.24) is 24.5 Å². The highest BCUT2D eigenvalue weighted by molar-refractivity contribution is 7.89. The summed E-state index contributed by atoms with van der Waals surface area (Å²) in [5.74, 6) is 1.20. The van der Waals surface area contributed by atoms with Crippen LogP contribution in [0.15, 0.2) is 71.6 Å². The van der Waals surface area contributed by atoms with Gasteiger partial charge in [0.1, 0.15) is 17.3 Å². The lowest BCUT2D eigenvalue weighted by Gasteiger charge is -2.11. The fourth-order valence-corrected chi connectivity index (χ4v) is 4.05. The van der Waals surface area contributed by atoms with Gasteiger partial charge in [-0.1, -0.05) is 42.5 Å². The molecule has 2 aromatic heterocycles. The van der Waals surface area contributed by atoms with Gasteiger partial charge in [0.2, 0.25) is 15.9 Å². The minimum atomic E-state index is -3.73. The minimum absolute atomic E-state index is 0.0633. The molecule has 10 heteroatoms. The smallest absolute Gasteiger partial charge is 0.244 e. The van der Waals surface area contributed by atoms with Gasteiger partial charge in [0.05, 0.1) is 7.11 Å². The van der Waals surface area contributed by atoms with Crippen molar-refractivity contribution in [2.24, 2.45) is 0 Å². The van der Waals surface area contributed by atoms with Crippen molar-refractivity contribution in [3.05, 3.63) is 66.7 Å². The molecule has 154 valence electrons. The number of benzene rings is 2. The molecule has 0 aliphatic carbocycles. The quantitative estimate of drug-likeness (QED) is 0.431. The Morgan fingerprint density at radius 1 is 0.967 bits per heavy atom. The van der Waals surface area contributed by atoms with E-state index in [1.807, 2.05) is 30.3 Å². The van der Waals surface area contributed by atoms with E-state index in [2.05, 4.69) is 20.0 Å². The molecule has 4 rings (SSSR count). The molecule has 30 heavy (non-hydrogen) atoms. The van der Waals surface area contributed by atoms with Crippen LogP contribution in [0.25, 0.3) is 17.0 Å². The normalized spacial score (nSPS) is 11.5. The molecule has 0 fully saturated rings. The number of hydrogen-bond donors (Lipinski definition) is 1. The zero-order valence-electron chi connectivity index (χ0n) is 16.1. The van der Waals surface area contributed by atoms with Gasteiger partial charge in [-0.3, -0.25) is 0 Å². The Morgan fingerprint density at radius 3 is 2.53 bits per heavy atom. The first-order chi connectivity index (χ1) is 14.6. The predicted octanol–water partition coefficient (Wildman–Crippen LogP) is 2.16. The molecule has 0 saturated carbocycles. The average Bonchev–Trinajstić information content (AvgIpc) is 3.20. The van der Waals surface area contributed by atoms with Gasteiger partial charge < -0.3 is 9.47 Å². The molecular formula is C20H19N5O4S. The number of hydrogen-bond acceptors (Lipinski definition) is 7. The second-order valence-corrected chi connectivity index (χ2v) is 7.96. The van der Waals surface area contributed by atoms with Gasteiger partial charge in [-0.15, -0.1) is 15.3 Å². The number of para-hydroxylation sites is 1. The first-order valence-electron chi connectivity index (χ1n) is 9.12. The van der Waals surface area contributed by atoms with E-state index in [1.165, 1.54) is 13.2 Å². The van der Waals surface area contributed by atoms with Crippen LogP contribution >= 0.6 is 0 Å². The summed E-state index contributed by atoms with van der Waals surface area (Å²) in [6.07, 6.45) is 0. The first-order valence-corrected chi connectivity index (χ1v) is 10.6. The van der Waals surface area contributed by atoms with Crippen molar-refractivity contribution in [2.45, 2.75) is 4.90 Å². The Labute approximate surface area is 173 Å². The molecule has 9 nitrogen and oxygen atoms in total. The third-order valence-electron chi connectivity index (χ3n) is 4.27. The van der Waals surface area contributed by atoms with Crippen molar-refractivity contribution in [1.29, 1.82) is 0 Å². The average molecular weight is 425 g/mol. The molecule has 1 N–H and O–H groups in total. The third kappa shape index (κ3) is 4.09. The Kier molecular flexibility index (Phi) is 5.59. The van der Waals surface area contributed by atoms with Gasteiger partial charge in [0.25, 0.3) is 0 Å². The zero-order valence-corrected chi connectivity index (χ0v) is 16.9. The summed E-state index contributed by atoms with van der Waals surface area (Å²) < 4.78 is 39.8. The second-order valence-electron chi connectivity index (χ2n) is 6.23. The molecule has 0 unspecified atom stereocenters. The van der Waals surface area contributed by atoms with E-state index >= 15 is 0 Å². The predicted molar refractivity (Wildman–Crippen MR) is 110 cm³/mol. The molecule has 0 aliphatic rings. The zero-order chi connectivity index (χ0) is 21.0. The SMILES string of the molecule is COc1ccccc1S(=O)(=O)NCCOc1ccc2nnc(-c3ccccc3)n2n1. The lowest BCUT2D eigenvalue weighted by atomic mass is 10.2. The molecule has 0 bridgehead atoms. The Balaban J connectivity index is 1.43. The maximum atomic E-state index is 12.5. The van der Waals surface area contributed by atoms with E-state index in [9.17, 15) is 8.42 Å². The number of methoxy groups -OCH3 is 1.